The van der Waals surface area contributed by atoms with Crippen LogP contribution in [0.5, 0.6) is 11.5 Å². The molecule has 8 atom stereocenters. The lowest BCUT2D eigenvalue weighted by molar-refractivity contribution is -0.145. The van der Waals surface area contributed by atoms with E-state index in [1.807, 2.05) is 97.1 Å². The lowest BCUT2D eigenvalue weighted by atomic mass is 9.72. The van der Waals surface area contributed by atoms with Gasteiger partial charge in [-0.3, -0.25) is 9.59 Å². The van der Waals surface area contributed by atoms with Gasteiger partial charge >= 0.3 is 11.9 Å². The molecule has 2 fully saturated rings. The molecule has 0 amide bonds. The van der Waals surface area contributed by atoms with Gasteiger partial charge in [0.2, 0.25) is 0 Å². The first-order chi connectivity index (χ1) is 36.2. The molecule has 0 aliphatic carbocycles. The van der Waals surface area contributed by atoms with Gasteiger partial charge in [-0.25, -0.2) is 0 Å². The third-order valence-electron chi connectivity index (χ3n) is 14.1. The molecule has 10 rings (SSSR count). The maximum Gasteiger partial charge on any atom is 0.310 e. The van der Waals surface area contributed by atoms with Gasteiger partial charge in [0.25, 0.3) is 0 Å². The molecular formula is C66H58I2O6. The molecule has 2 saturated heterocycles. The van der Waals surface area contributed by atoms with Crippen LogP contribution in [-0.2, 0) is 31.9 Å². The number of hydrogen-bond acceptors (Lipinski definition) is 6. The van der Waals surface area contributed by atoms with Gasteiger partial charge in [0.1, 0.15) is 23.7 Å². The van der Waals surface area contributed by atoms with Crippen molar-refractivity contribution in [2.75, 3.05) is 14.2 Å². The van der Waals surface area contributed by atoms with Crippen molar-refractivity contribution in [1.82, 2.24) is 0 Å². The summed E-state index contributed by atoms with van der Waals surface area (Å²) in [5.41, 5.74) is 8.85. The van der Waals surface area contributed by atoms with Gasteiger partial charge in [0, 0.05) is 30.8 Å². The topological polar surface area (TPSA) is 71.1 Å². The van der Waals surface area contributed by atoms with Crippen molar-refractivity contribution in [3.63, 3.8) is 0 Å². The van der Waals surface area contributed by atoms with Crippen molar-refractivity contribution in [2.45, 2.75) is 36.9 Å². The van der Waals surface area contributed by atoms with Gasteiger partial charge in [0.05, 0.1) is 26.1 Å². The van der Waals surface area contributed by atoms with E-state index < -0.39 is 0 Å². The fourth-order valence-electron chi connectivity index (χ4n) is 10.4. The highest BCUT2D eigenvalue weighted by atomic mass is 127. The van der Waals surface area contributed by atoms with Gasteiger partial charge in [-0.2, -0.15) is 0 Å². The second-order valence-corrected chi connectivity index (χ2v) is 21.2. The molecule has 0 N–H and O–H groups in total. The van der Waals surface area contributed by atoms with E-state index in [1.54, 1.807) is 14.2 Å². The average molecular weight is 1200 g/mol. The fourth-order valence-corrected chi connectivity index (χ4v) is 11.1. The van der Waals surface area contributed by atoms with Gasteiger partial charge in [-0.15, -0.1) is 0 Å². The molecule has 0 radical (unpaired) electrons. The minimum atomic E-state index is -0.363. The van der Waals surface area contributed by atoms with Crippen molar-refractivity contribution < 1.29 is 28.5 Å². The van der Waals surface area contributed by atoms with Gasteiger partial charge in [0.15, 0.2) is 0 Å². The Morgan fingerprint density at radius 2 is 0.757 bits per heavy atom. The summed E-state index contributed by atoms with van der Waals surface area (Å²) in [5.74, 6) is 0.521. The van der Waals surface area contributed by atoms with Crippen LogP contribution in [0.15, 0.2) is 231 Å². The Morgan fingerprint density at radius 1 is 0.432 bits per heavy atom. The monoisotopic (exact) mass is 1200 g/mol. The first-order valence-corrected chi connectivity index (χ1v) is 27.1. The number of hydrogen-bond donors (Lipinski definition) is 0. The number of benzene rings is 8. The van der Waals surface area contributed by atoms with Crippen LogP contribution in [-0.4, -0.2) is 26.2 Å². The maximum atomic E-state index is 13.5. The Bertz CT molecular complexity index is 2880. The molecule has 0 unspecified atom stereocenters. The number of carbonyl (C=O) groups excluding carboxylic acids is 2. The van der Waals surface area contributed by atoms with E-state index in [4.69, 9.17) is 18.9 Å². The van der Waals surface area contributed by atoms with Crippen LogP contribution in [0.3, 0.4) is 0 Å². The first-order valence-electron chi connectivity index (χ1n) is 25.0. The second kappa shape index (κ2) is 25.5. The van der Waals surface area contributed by atoms with Crippen LogP contribution in [0.2, 0.25) is 0 Å². The lowest BCUT2D eigenvalue weighted by Gasteiger charge is -2.29. The summed E-state index contributed by atoms with van der Waals surface area (Å²) >= 11 is 4.62. The second-order valence-electron chi connectivity index (χ2n) is 18.7. The molecule has 2 aliphatic rings. The maximum absolute atomic E-state index is 13.5. The molecule has 372 valence electrons. The number of carbonyl (C=O) groups is 2. The zero-order valence-electron chi connectivity index (χ0n) is 41.3. The van der Waals surface area contributed by atoms with Gasteiger partial charge in [-0.05, 0) is 151 Å². The van der Waals surface area contributed by atoms with E-state index >= 15 is 0 Å². The largest absolute Gasteiger partial charge is 0.497 e. The molecule has 0 bridgehead atoms. The highest BCUT2D eigenvalue weighted by molar-refractivity contribution is 14.1. The van der Waals surface area contributed by atoms with E-state index in [1.165, 1.54) is 18.3 Å². The van der Waals surface area contributed by atoms with Crippen LogP contribution in [0.1, 0.15) is 68.6 Å². The van der Waals surface area contributed by atoms with E-state index in [0.29, 0.717) is 12.8 Å². The molecule has 8 aromatic carbocycles. The predicted octanol–water partition coefficient (Wildman–Crippen LogP) is 15.7. The average Bonchev–Trinajstić information content (AvgIpc) is 3.95. The van der Waals surface area contributed by atoms with Crippen molar-refractivity contribution in [3.8, 4) is 11.5 Å². The quantitative estimate of drug-likeness (QED) is 0.0709. The van der Waals surface area contributed by atoms with Gasteiger partial charge < -0.3 is 18.9 Å². The third kappa shape index (κ3) is 13.1. The molecule has 0 spiro atoms. The van der Waals surface area contributed by atoms with E-state index in [-0.39, 0.29) is 59.7 Å². The van der Waals surface area contributed by atoms with Gasteiger partial charge in [-0.1, -0.05) is 194 Å². The molecule has 2 heterocycles. The fraction of sp³-hybridized carbons (Fsp3) is 0.182. The van der Waals surface area contributed by atoms with E-state index in [9.17, 15) is 9.59 Å². The van der Waals surface area contributed by atoms with Crippen molar-refractivity contribution >= 4 is 69.3 Å². The summed E-state index contributed by atoms with van der Waals surface area (Å²) in [5, 5.41) is 0. The molecule has 74 heavy (non-hydrogen) atoms. The molecule has 8 aromatic rings. The number of methoxy groups -OCH3 is 2. The lowest BCUT2D eigenvalue weighted by Crippen LogP contribution is -2.25. The van der Waals surface area contributed by atoms with Crippen molar-refractivity contribution in [3.05, 3.63) is 282 Å². The highest BCUT2D eigenvalue weighted by Gasteiger charge is 2.50. The molecular weight excluding hydrogens is 1140 g/mol. The number of ether oxygens (including phenoxy) is 4. The summed E-state index contributed by atoms with van der Waals surface area (Å²) in [6, 6.07) is 74.1. The van der Waals surface area contributed by atoms with E-state index in [0.717, 1.165) is 44.9 Å². The van der Waals surface area contributed by atoms with Crippen molar-refractivity contribution in [2.24, 2.45) is 23.7 Å². The highest BCUT2D eigenvalue weighted by Crippen LogP contribution is 2.51. The Hall–Kier alpha value is -6.76. The Kier molecular flexibility index (Phi) is 17.9. The summed E-state index contributed by atoms with van der Waals surface area (Å²) in [6.07, 6.45) is 9.35. The normalized spacial score (nSPS) is 20.1. The zero-order valence-corrected chi connectivity index (χ0v) is 45.6. The Balaban J connectivity index is 0.000000182. The Morgan fingerprint density at radius 3 is 1.08 bits per heavy atom. The standard InChI is InChI=1S/2C33H29IO3/c2*1-36-28-19-15-26(16-20-28)32-31(30(33(35)37-32)22-24-12-17-27(34)18-13-24)29(25-10-6-3-7-11-25)21-14-23-8-4-2-5-9-23/h2*2-21,29-32H,22H2,1H3/b2*21-14+/t2*29-,30-,31-,32+/m10/s1. The summed E-state index contributed by atoms with van der Waals surface area (Å²) in [4.78, 5) is 27.0. The van der Waals surface area contributed by atoms with Crippen LogP contribution in [0.4, 0.5) is 0 Å². The molecule has 8 heteroatoms. The van der Waals surface area contributed by atoms with E-state index in [2.05, 4.69) is 191 Å². The number of allylic oxidation sites excluding steroid dienone is 2. The summed E-state index contributed by atoms with van der Waals surface area (Å²) < 4.78 is 25.5. The van der Waals surface area contributed by atoms with Crippen LogP contribution < -0.4 is 9.47 Å². The number of esters is 2. The first kappa shape index (κ1) is 52.1. The molecule has 0 aromatic heterocycles. The molecule has 0 saturated carbocycles. The zero-order chi connectivity index (χ0) is 51.2. The van der Waals surface area contributed by atoms with Crippen LogP contribution >= 0.6 is 45.2 Å². The van der Waals surface area contributed by atoms with Crippen LogP contribution in [0, 0.1) is 30.8 Å². The number of rotatable bonds is 16. The van der Waals surface area contributed by atoms with Crippen molar-refractivity contribution in [1.29, 1.82) is 0 Å². The Labute approximate surface area is 462 Å². The SMILES string of the molecule is COc1ccc([C@@H]2OC(=O)[C@H](Cc3ccc(I)cc3)[C@H]2[C@H](/C=C/c2ccccc2)c2ccccc2)cc1.COc1ccc([C@H]2OC(=O)[C@@H](Cc3ccc(I)cc3)[C@@H]2[C@@H](/C=C/c2ccccc2)c2ccccc2)cc1. The minimum absolute atomic E-state index is 0.0196. The van der Waals surface area contributed by atoms with Crippen LogP contribution in [0.25, 0.3) is 12.2 Å². The molecule has 6 nitrogen and oxygen atoms in total. The number of cyclic esters (lactones) is 2. The smallest absolute Gasteiger partial charge is 0.310 e. The summed E-state index contributed by atoms with van der Waals surface area (Å²) in [7, 11) is 3.31. The third-order valence-corrected chi connectivity index (χ3v) is 15.6. The summed E-state index contributed by atoms with van der Waals surface area (Å²) in [6.45, 7) is 0. The minimum Gasteiger partial charge on any atom is -0.497 e. The predicted molar refractivity (Wildman–Crippen MR) is 313 cm³/mol. The molecule has 2 aliphatic heterocycles. The number of halogens is 2.